The molecule has 1 aromatic carbocycles. The average molecular weight is 497 g/mol. The van der Waals surface area contributed by atoms with Gasteiger partial charge in [0.25, 0.3) is 5.89 Å². The van der Waals surface area contributed by atoms with E-state index in [-0.39, 0.29) is 23.1 Å². The lowest BCUT2D eigenvalue weighted by Gasteiger charge is -2.32. The summed E-state index contributed by atoms with van der Waals surface area (Å²) in [6.07, 6.45) is 0.823. The molecule has 1 saturated heterocycles. The third kappa shape index (κ3) is 6.04. The summed E-state index contributed by atoms with van der Waals surface area (Å²) in [5, 5.41) is 7.40. The van der Waals surface area contributed by atoms with Gasteiger partial charge in [-0.1, -0.05) is 6.92 Å². The lowest BCUT2D eigenvalue weighted by molar-refractivity contribution is -0.138. The van der Waals surface area contributed by atoms with Gasteiger partial charge in [-0.2, -0.15) is 13.2 Å². The molecule has 0 bridgehead atoms. The second-order valence-corrected chi connectivity index (χ2v) is 8.31. The molecule has 12 heteroatoms. The zero-order chi connectivity index (χ0) is 25.0. The second-order valence-electron chi connectivity index (χ2n) is 8.31. The monoisotopic (exact) mass is 497 g/mol. The highest BCUT2D eigenvalue weighted by Crippen LogP contribution is 2.31. The molecule has 0 radical (unpaired) electrons. The lowest BCUT2D eigenvalue weighted by Crippen LogP contribution is -2.35. The number of nitrogens with zero attached hydrogens (tertiary/aromatic N) is 5. The summed E-state index contributed by atoms with van der Waals surface area (Å²) in [7, 11) is 0. The van der Waals surface area contributed by atoms with E-state index in [1.807, 2.05) is 4.90 Å². The van der Waals surface area contributed by atoms with Gasteiger partial charge in [0.15, 0.2) is 0 Å². The summed E-state index contributed by atoms with van der Waals surface area (Å²) in [6, 6.07) is 2.19. The molecule has 0 aliphatic carbocycles. The number of piperidine rings is 1. The molecule has 0 saturated carbocycles. The Labute approximate surface area is 198 Å². The van der Waals surface area contributed by atoms with E-state index in [0.717, 1.165) is 43.8 Å². The number of benzene rings is 1. The molecule has 1 aliphatic heterocycles. The van der Waals surface area contributed by atoms with Crippen molar-refractivity contribution in [3.05, 3.63) is 47.6 Å². The number of alkyl halides is 3. The van der Waals surface area contributed by atoms with Gasteiger partial charge in [0, 0.05) is 44.0 Å². The quantitative estimate of drug-likeness (QED) is 0.302. The largest absolute Gasteiger partial charge is 0.493 e. The Hall–Kier alpha value is -3.31. The molecule has 3 heterocycles. The fourth-order valence-corrected chi connectivity index (χ4v) is 3.95. The molecule has 7 nitrogen and oxygen atoms in total. The maximum Gasteiger partial charge on any atom is 0.419 e. The van der Waals surface area contributed by atoms with Crippen LogP contribution in [0.1, 0.15) is 44.1 Å². The fourth-order valence-electron chi connectivity index (χ4n) is 3.95. The Bertz CT molecular complexity index is 1110. The van der Waals surface area contributed by atoms with Crippen molar-refractivity contribution in [2.45, 2.75) is 45.2 Å². The Morgan fingerprint density at radius 1 is 1.06 bits per heavy atom. The highest BCUT2D eigenvalue weighted by Gasteiger charge is 2.32. The minimum absolute atomic E-state index is 0.0771. The van der Waals surface area contributed by atoms with Crippen LogP contribution in [0.25, 0.3) is 11.5 Å². The molecule has 0 N–H and O–H groups in total. The standard InChI is InChI=1S/C23H24F5N5O2/c1-2-19-31-32-21(35-19)20-17(24)10-16(11-18(20)25)34-9-3-4-14-5-7-33(8-6-14)22-29-12-15(13-30-22)23(26,27)28/h10-14H,2-9H2,1H3. The summed E-state index contributed by atoms with van der Waals surface area (Å²) in [5.41, 5.74) is -1.25. The minimum Gasteiger partial charge on any atom is -0.493 e. The van der Waals surface area contributed by atoms with Crippen molar-refractivity contribution in [3.8, 4) is 17.2 Å². The van der Waals surface area contributed by atoms with Gasteiger partial charge in [-0.3, -0.25) is 0 Å². The molecule has 0 atom stereocenters. The van der Waals surface area contributed by atoms with E-state index in [1.165, 1.54) is 0 Å². The van der Waals surface area contributed by atoms with E-state index in [4.69, 9.17) is 9.15 Å². The van der Waals surface area contributed by atoms with Crippen LogP contribution in [-0.2, 0) is 12.6 Å². The van der Waals surface area contributed by atoms with Crippen LogP contribution >= 0.6 is 0 Å². The molecule has 0 amide bonds. The van der Waals surface area contributed by atoms with Gasteiger partial charge < -0.3 is 14.1 Å². The van der Waals surface area contributed by atoms with E-state index in [2.05, 4.69) is 20.2 Å². The maximum absolute atomic E-state index is 14.4. The molecular weight excluding hydrogens is 473 g/mol. The van der Waals surface area contributed by atoms with Crippen molar-refractivity contribution in [3.63, 3.8) is 0 Å². The molecule has 1 fully saturated rings. The molecule has 2 aromatic heterocycles. The van der Waals surface area contributed by atoms with Crippen LogP contribution in [-0.4, -0.2) is 39.9 Å². The Morgan fingerprint density at radius 3 is 2.29 bits per heavy atom. The van der Waals surface area contributed by atoms with E-state index in [0.29, 0.717) is 44.4 Å². The normalized spacial score (nSPS) is 15.0. The molecular formula is C23H24F5N5O2. The number of hydrogen-bond donors (Lipinski definition) is 0. The zero-order valence-electron chi connectivity index (χ0n) is 19.0. The van der Waals surface area contributed by atoms with Gasteiger partial charge in [-0.15, -0.1) is 10.2 Å². The van der Waals surface area contributed by atoms with E-state index in [1.54, 1.807) is 6.92 Å². The molecule has 1 aliphatic rings. The van der Waals surface area contributed by atoms with Crippen LogP contribution in [0, 0.1) is 17.6 Å². The minimum atomic E-state index is -4.46. The number of anilines is 1. The number of rotatable bonds is 8. The van der Waals surface area contributed by atoms with Gasteiger partial charge in [0.1, 0.15) is 22.9 Å². The van der Waals surface area contributed by atoms with Crippen LogP contribution in [0.4, 0.5) is 27.9 Å². The van der Waals surface area contributed by atoms with Crippen LogP contribution in [0.2, 0.25) is 0 Å². The molecule has 35 heavy (non-hydrogen) atoms. The SMILES string of the molecule is CCc1nnc(-c2c(F)cc(OCCCC3CCN(c4ncc(C(F)(F)F)cn4)CC3)cc2F)o1. The summed E-state index contributed by atoms with van der Waals surface area (Å²) >= 11 is 0. The summed E-state index contributed by atoms with van der Waals surface area (Å²) in [6.45, 7) is 3.37. The van der Waals surface area contributed by atoms with Gasteiger partial charge in [0.2, 0.25) is 11.8 Å². The lowest BCUT2D eigenvalue weighted by atomic mass is 9.92. The van der Waals surface area contributed by atoms with Crippen LogP contribution < -0.4 is 9.64 Å². The van der Waals surface area contributed by atoms with E-state index in [9.17, 15) is 22.0 Å². The molecule has 188 valence electrons. The van der Waals surface area contributed by atoms with Crippen LogP contribution in [0.15, 0.2) is 28.9 Å². The van der Waals surface area contributed by atoms with Crippen LogP contribution in [0.3, 0.4) is 0 Å². The Morgan fingerprint density at radius 2 is 1.71 bits per heavy atom. The van der Waals surface area contributed by atoms with Crippen molar-refractivity contribution >= 4 is 5.95 Å². The highest BCUT2D eigenvalue weighted by atomic mass is 19.4. The van der Waals surface area contributed by atoms with Crippen molar-refractivity contribution in [1.82, 2.24) is 20.2 Å². The topological polar surface area (TPSA) is 77.2 Å². The summed E-state index contributed by atoms with van der Waals surface area (Å²) in [4.78, 5) is 9.56. The first-order valence-electron chi connectivity index (χ1n) is 11.3. The molecule has 4 rings (SSSR count). The fraction of sp³-hybridized carbons (Fsp3) is 0.478. The number of aryl methyl sites for hydroxylation is 1. The van der Waals surface area contributed by atoms with Gasteiger partial charge >= 0.3 is 6.18 Å². The van der Waals surface area contributed by atoms with Gasteiger partial charge in [-0.05, 0) is 31.6 Å². The van der Waals surface area contributed by atoms with E-state index >= 15 is 0 Å². The predicted molar refractivity (Wildman–Crippen MR) is 116 cm³/mol. The number of hydrogen-bond acceptors (Lipinski definition) is 7. The third-order valence-electron chi connectivity index (χ3n) is 5.89. The Kier molecular flexibility index (Phi) is 7.46. The highest BCUT2D eigenvalue weighted by molar-refractivity contribution is 5.56. The average Bonchev–Trinajstić information content (AvgIpc) is 3.30. The van der Waals surface area contributed by atoms with Crippen molar-refractivity contribution in [2.75, 3.05) is 24.6 Å². The number of halogens is 5. The van der Waals surface area contributed by atoms with Crippen molar-refractivity contribution in [2.24, 2.45) is 5.92 Å². The first-order chi connectivity index (χ1) is 16.7. The first-order valence-corrected chi connectivity index (χ1v) is 11.3. The number of ether oxygens (including phenoxy) is 1. The van der Waals surface area contributed by atoms with Gasteiger partial charge in [0.05, 0.1) is 12.2 Å². The van der Waals surface area contributed by atoms with Crippen molar-refractivity contribution in [1.29, 1.82) is 0 Å². The maximum atomic E-state index is 14.4. The Balaban J connectivity index is 1.22. The third-order valence-corrected chi connectivity index (χ3v) is 5.89. The van der Waals surface area contributed by atoms with Gasteiger partial charge in [-0.25, -0.2) is 18.7 Å². The smallest absolute Gasteiger partial charge is 0.419 e. The molecule has 3 aromatic rings. The second kappa shape index (κ2) is 10.5. The van der Waals surface area contributed by atoms with Crippen LogP contribution in [0.5, 0.6) is 5.75 Å². The predicted octanol–water partition coefficient (Wildman–Crippen LogP) is 5.46. The summed E-state index contributed by atoms with van der Waals surface area (Å²) < 4.78 is 77.7. The molecule has 0 unspecified atom stereocenters. The van der Waals surface area contributed by atoms with E-state index < -0.39 is 23.4 Å². The zero-order valence-corrected chi connectivity index (χ0v) is 19.0. The van der Waals surface area contributed by atoms with Crippen molar-refractivity contribution < 1.29 is 31.1 Å². The number of aromatic nitrogens is 4. The molecule has 0 spiro atoms. The summed E-state index contributed by atoms with van der Waals surface area (Å²) in [5.74, 6) is -0.834. The first kappa shape index (κ1) is 24.8.